The van der Waals surface area contributed by atoms with Gasteiger partial charge < -0.3 is 10.5 Å². The van der Waals surface area contributed by atoms with Crippen LogP contribution in [0.3, 0.4) is 0 Å². The van der Waals surface area contributed by atoms with E-state index in [1.54, 1.807) is 0 Å². The maximum atomic E-state index is 13.7. The molecular weight excluding hydrogens is 287 g/mol. The standard InChI is InChI=1S/C11H7FN4O5/c12-6-2-1-3-7(15(17)18)10(6)21-11-8(16(19)20)4-5-9(13)14-11/h1-5H,(H2,13,14). The normalized spacial score (nSPS) is 10.1. The number of halogens is 1. The Labute approximate surface area is 116 Å². The Kier molecular flexibility index (Phi) is 3.61. The lowest BCUT2D eigenvalue weighted by atomic mass is 10.3. The van der Waals surface area contributed by atoms with Gasteiger partial charge in [-0.05, 0) is 12.1 Å². The van der Waals surface area contributed by atoms with Crippen molar-refractivity contribution in [2.45, 2.75) is 0 Å². The van der Waals surface area contributed by atoms with Crippen molar-refractivity contribution in [2.24, 2.45) is 0 Å². The molecule has 2 N–H and O–H groups in total. The van der Waals surface area contributed by atoms with E-state index in [0.717, 1.165) is 30.3 Å². The first-order valence-electron chi connectivity index (χ1n) is 5.42. The molecule has 0 saturated carbocycles. The van der Waals surface area contributed by atoms with E-state index in [1.807, 2.05) is 0 Å². The number of nitro groups is 2. The first-order valence-corrected chi connectivity index (χ1v) is 5.42. The van der Waals surface area contributed by atoms with Gasteiger partial charge in [0.05, 0.1) is 9.85 Å². The lowest BCUT2D eigenvalue weighted by Gasteiger charge is -2.07. The quantitative estimate of drug-likeness (QED) is 0.675. The van der Waals surface area contributed by atoms with Crippen molar-refractivity contribution in [2.75, 3.05) is 5.73 Å². The van der Waals surface area contributed by atoms with Crippen LogP contribution in [-0.2, 0) is 0 Å². The van der Waals surface area contributed by atoms with E-state index in [1.165, 1.54) is 0 Å². The van der Waals surface area contributed by atoms with Crippen molar-refractivity contribution < 1.29 is 19.0 Å². The van der Waals surface area contributed by atoms with Crippen molar-refractivity contribution >= 4 is 17.2 Å². The van der Waals surface area contributed by atoms with Gasteiger partial charge in [0.1, 0.15) is 5.82 Å². The molecule has 0 atom stereocenters. The summed E-state index contributed by atoms with van der Waals surface area (Å²) < 4.78 is 18.6. The minimum atomic E-state index is -1.05. The topological polar surface area (TPSA) is 134 Å². The second kappa shape index (κ2) is 5.36. The summed E-state index contributed by atoms with van der Waals surface area (Å²) in [5.74, 6) is -2.57. The summed E-state index contributed by atoms with van der Waals surface area (Å²) in [6.07, 6.45) is 0. The van der Waals surface area contributed by atoms with Gasteiger partial charge in [-0.15, -0.1) is 0 Å². The van der Waals surface area contributed by atoms with Crippen LogP contribution < -0.4 is 10.5 Å². The number of benzene rings is 1. The summed E-state index contributed by atoms with van der Waals surface area (Å²) in [7, 11) is 0. The van der Waals surface area contributed by atoms with E-state index in [4.69, 9.17) is 10.5 Å². The molecule has 0 saturated heterocycles. The van der Waals surface area contributed by atoms with Crippen LogP contribution in [0.2, 0.25) is 0 Å². The first-order chi connectivity index (χ1) is 9.90. The van der Waals surface area contributed by atoms with Gasteiger partial charge in [0, 0.05) is 12.1 Å². The fraction of sp³-hybridized carbons (Fsp3) is 0. The van der Waals surface area contributed by atoms with Crippen LogP contribution in [0.25, 0.3) is 0 Å². The minimum Gasteiger partial charge on any atom is -0.423 e. The summed E-state index contributed by atoms with van der Waals surface area (Å²) in [5.41, 5.74) is 4.09. The van der Waals surface area contributed by atoms with E-state index in [-0.39, 0.29) is 5.82 Å². The number of para-hydroxylation sites is 1. The fourth-order valence-electron chi connectivity index (χ4n) is 1.50. The predicted molar refractivity (Wildman–Crippen MR) is 68.4 cm³/mol. The summed E-state index contributed by atoms with van der Waals surface area (Å²) in [4.78, 5) is 23.5. The molecule has 0 aliphatic rings. The molecule has 1 heterocycles. The molecule has 21 heavy (non-hydrogen) atoms. The highest BCUT2D eigenvalue weighted by Crippen LogP contribution is 2.36. The molecule has 0 spiro atoms. The number of ether oxygens (including phenoxy) is 1. The van der Waals surface area contributed by atoms with Crippen molar-refractivity contribution in [3.05, 3.63) is 56.4 Å². The minimum absolute atomic E-state index is 0.116. The summed E-state index contributed by atoms with van der Waals surface area (Å²) in [5, 5.41) is 21.7. The van der Waals surface area contributed by atoms with Gasteiger partial charge in [-0.25, -0.2) is 4.39 Å². The van der Waals surface area contributed by atoms with Crippen LogP contribution in [0.15, 0.2) is 30.3 Å². The Hall–Kier alpha value is -3.30. The highest BCUT2D eigenvalue weighted by Gasteiger charge is 2.25. The lowest BCUT2D eigenvalue weighted by molar-refractivity contribution is -0.387. The van der Waals surface area contributed by atoms with E-state index >= 15 is 0 Å². The number of aromatic nitrogens is 1. The van der Waals surface area contributed by atoms with Gasteiger partial charge in [-0.3, -0.25) is 20.2 Å². The SMILES string of the molecule is Nc1ccc([N+](=O)[O-])c(Oc2c(F)cccc2[N+](=O)[O-])n1. The number of hydrogen-bond acceptors (Lipinski definition) is 7. The highest BCUT2D eigenvalue weighted by molar-refractivity contribution is 5.53. The van der Waals surface area contributed by atoms with Gasteiger partial charge in [0.15, 0.2) is 5.82 Å². The average molecular weight is 294 g/mol. The third-order valence-corrected chi connectivity index (χ3v) is 2.40. The second-order valence-corrected chi connectivity index (χ2v) is 3.76. The van der Waals surface area contributed by atoms with Crippen LogP contribution in [0.4, 0.5) is 21.6 Å². The molecule has 0 aliphatic heterocycles. The maximum Gasteiger partial charge on any atom is 0.331 e. The molecule has 0 amide bonds. The third-order valence-electron chi connectivity index (χ3n) is 2.40. The average Bonchev–Trinajstić information content (AvgIpc) is 2.40. The van der Waals surface area contributed by atoms with Gasteiger partial charge in [-0.2, -0.15) is 4.98 Å². The zero-order chi connectivity index (χ0) is 15.6. The Bertz CT molecular complexity index is 737. The molecule has 0 aliphatic carbocycles. The fourth-order valence-corrected chi connectivity index (χ4v) is 1.50. The number of nitrogens with two attached hydrogens (primary N) is 1. The third kappa shape index (κ3) is 2.83. The van der Waals surface area contributed by atoms with Crippen molar-refractivity contribution in [3.8, 4) is 11.6 Å². The number of nitrogen functional groups attached to an aromatic ring is 1. The molecule has 1 aromatic carbocycles. The molecule has 0 radical (unpaired) electrons. The number of nitro benzene ring substituents is 1. The molecule has 10 heteroatoms. The van der Waals surface area contributed by atoms with E-state index in [0.29, 0.717) is 0 Å². The van der Waals surface area contributed by atoms with Crippen LogP contribution in [-0.4, -0.2) is 14.8 Å². The number of nitrogens with zero attached hydrogens (tertiary/aromatic N) is 3. The molecule has 0 bridgehead atoms. The largest absolute Gasteiger partial charge is 0.423 e. The van der Waals surface area contributed by atoms with Crippen LogP contribution in [0, 0.1) is 26.0 Å². The first kappa shape index (κ1) is 14.1. The van der Waals surface area contributed by atoms with Gasteiger partial charge >= 0.3 is 17.3 Å². The molecule has 9 nitrogen and oxygen atoms in total. The van der Waals surface area contributed by atoms with E-state index < -0.39 is 38.7 Å². The van der Waals surface area contributed by atoms with Crippen LogP contribution in [0.1, 0.15) is 0 Å². The highest BCUT2D eigenvalue weighted by atomic mass is 19.1. The molecule has 108 valence electrons. The Morgan fingerprint density at radius 3 is 2.38 bits per heavy atom. The Morgan fingerprint density at radius 1 is 1.10 bits per heavy atom. The van der Waals surface area contributed by atoms with Crippen molar-refractivity contribution in [1.29, 1.82) is 0 Å². The molecule has 2 aromatic rings. The van der Waals surface area contributed by atoms with Gasteiger partial charge in [0.25, 0.3) is 0 Å². The Morgan fingerprint density at radius 2 is 1.76 bits per heavy atom. The number of anilines is 1. The van der Waals surface area contributed by atoms with Crippen molar-refractivity contribution in [1.82, 2.24) is 4.98 Å². The molecule has 0 fully saturated rings. The summed E-state index contributed by atoms with van der Waals surface area (Å²) in [6.45, 7) is 0. The monoisotopic (exact) mass is 294 g/mol. The molecule has 0 unspecified atom stereocenters. The molecule has 2 rings (SSSR count). The number of rotatable bonds is 4. The molecular formula is C11H7FN4O5. The smallest absolute Gasteiger partial charge is 0.331 e. The van der Waals surface area contributed by atoms with E-state index in [2.05, 4.69) is 4.98 Å². The Balaban J connectivity index is 2.55. The summed E-state index contributed by atoms with van der Waals surface area (Å²) >= 11 is 0. The zero-order valence-electron chi connectivity index (χ0n) is 10.2. The lowest BCUT2D eigenvalue weighted by Crippen LogP contribution is -2.02. The van der Waals surface area contributed by atoms with Gasteiger partial charge in [-0.1, -0.05) is 6.07 Å². The zero-order valence-corrected chi connectivity index (χ0v) is 10.2. The maximum absolute atomic E-state index is 13.7. The van der Waals surface area contributed by atoms with Crippen LogP contribution in [0.5, 0.6) is 11.6 Å². The number of hydrogen-bond donors (Lipinski definition) is 1. The number of pyridine rings is 1. The summed E-state index contributed by atoms with van der Waals surface area (Å²) in [6, 6.07) is 5.18. The molecule has 1 aromatic heterocycles. The van der Waals surface area contributed by atoms with Gasteiger partial charge in [0.2, 0.25) is 5.75 Å². The predicted octanol–water partition coefficient (Wildman–Crippen LogP) is 2.41. The van der Waals surface area contributed by atoms with Crippen LogP contribution >= 0.6 is 0 Å². The van der Waals surface area contributed by atoms with Crippen molar-refractivity contribution in [3.63, 3.8) is 0 Å². The van der Waals surface area contributed by atoms with E-state index in [9.17, 15) is 24.6 Å². The second-order valence-electron chi connectivity index (χ2n) is 3.76.